The zero-order chi connectivity index (χ0) is 12.3. The van der Waals surface area contributed by atoms with Crippen molar-refractivity contribution in [2.24, 2.45) is 0 Å². The summed E-state index contributed by atoms with van der Waals surface area (Å²) in [5, 5.41) is 9.76. The van der Waals surface area contributed by atoms with E-state index in [1.165, 1.54) is 0 Å². The van der Waals surface area contributed by atoms with Gasteiger partial charge in [-0.25, -0.2) is 4.98 Å². The Balaban J connectivity index is 2.48. The standard InChI is InChI=1S/C12H11ClN4/c1-17(8-4-7-14)11-9-5-2-3-6-10(9)15-12(13)16-11/h2-3,5-6H,4,8H2,1H3. The van der Waals surface area contributed by atoms with E-state index < -0.39 is 0 Å². The van der Waals surface area contributed by atoms with Gasteiger partial charge in [-0.1, -0.05) is 12.1 Å². The SMILES string of the molecule is CN(CCC#N)c1nc(Cl)nc2ccccc12. The maximum Gasteiger partial charge on any atom is 0.224 e. The Morgan fingerprint density at radius 2 is 2.12 bits per heavy atom. The first kappa shape index (κ1) is 11.6. The molecule has 0 N–H and O–H groups in total. The van der Waals surface area contributed by atoms with E-state index in [1.807, 2.05) is 36.2 Å². The second-order valence-corrected chi connectivity index (χ2v) is 4.00. The summed E-state index contributed by atoms with van der Waals surface area (Å²) in [5.41, 5.74) is 0.811. The average Bonchev–Trinajstić information content (AvgIpc) is 2.34. The van der Waals surface area contributed by atoms with E-state index in [4.69, 9.17) is 16.9 Å². The minimum Gasteiger partial charge on any atom is -0.358 e. The topological polar surface area (TPSA) is 52.8 Å². The molecule has 0 aliphatic rings. The molecule has 1 aromatic heterocycles. The molecule has 5 heteroatoms. The van der Waals surface area contributed by atoms with Crippen LogP contribution in [0.15, 0.2) is 24.3 Å². The van der Waals surface area contributed by atoms with Gasteiger partial charge in [0.1, 0.15) is 5.82 Å². The molecule has 0 atom stereocenters. The van der Waals surface area contributed by atoms with Crippen molar-refractivity contribution >= 4 is 28.3 Å². The Hall–Kier alpha value is -1.86. The summed E-state index contributed by atoms with van der Waals surface area (Å²) in [4.78, 5) is 10.3. The van der Waals surface area contributed by atoms with Crippen molar-refractivity contribution in [3.8, 4) is 6.07 Å². The van der Waals surface area contributed by atoms with Gasteiger partial charge < -0.3 is 4.90 Å². The Morgan fingerprint density at radius 1 is 1.35 bits per heavy atom. The van der Waals surface area contributed by atoms with Crippen molar-refractivity contribution in [3.63, 3.8) is 0 Å². The molecule has 86 valence electrons. The lowest BCUT2D eigenvalue weighted by atomic mass is 10.2. The van der Waals surface area contributed by atoms with Crippen LogP contribution in [0.25, 0.3) is 10.9 Å². The van der Waals surface area contributed by atoms with E-state index in [0.717, 1.165) is 16.7 Å². The molecule has 1 aromatic carbocycles. The third-order valence-electron chi connectivity index (χ3n) is 2.48. The summed E-state index contributed by atoms with van der Waals surface area (Å²) in [6.45, 7) is 0.619. The van der Waals surface area contributed by atoms with E-state index in [1.54, 1.807) is 0 Å². The fraction of sp³-hybridized carbons (Fsp3) is 0.250. The Morgan fingerprint density at radius 3 is 2.88 bits per heavy atom. The van der Waals surface area contributed by atoms with Gasteiger partial charge in [-0.3, -0.25) is 0 Å². The monoisotopic (exact) mass is 246 g/mol. The Labute approximate surface area is 104 Å². The van der Waals surface area contributed by atoms with Gasteiger partial charge in [-0.05, 0) is 23.7 Å². The van der Waals surface area contributed by atoms with Gasteiger partial charge in [0.15, 0.2) is 0 Å². The van der Waals surface area contributed by atoms with Crippen molar-refractivity contribution in [2.75, 3.05) is 18.5 Å². The van der Waals surface area contributed by atoms with Gasteiger partial charge in [0.25, 0.3) is 0 Å². The second kappa shape index (κ2) is 4.98. The van der Waals surface area contributed by atoms with E-state index in [0.29, 0.717) is 13.0 Å². The first-order chi connectivity index (χ1) is 8.22. The Kier molecular flexibility index (Phi) is 3.40. The summed E-state index contributed by atoms with van der Waals surface area (Å²) >= 11 is 5.89. The highest BCUT2D eigenvalue weighted by Gasteiger charge is 2.09. The molecule has 0 spiro atoms. The number of anilines is 1. The number of halogens is 1. The minimum absolute atomic E-state index is 0.225. The summed E-state index contributed by atoms with van der Waals surface area (Å²) in [5.74, 6) is 0.760. The molecule has 0 aliphatic carbocycles. The number of nitriles is 1. The molecule has 0 saturated carbocycles. The highest BCUT2D eigenvalue weighted by atomic mass is 35.5. The molecule has 17 heavy (non-hydrogen) atoms. The lowest BCUT2D eigenvalue weighted by molar-refractivity contribution is 0.887. The molecule has 0 bridgehead atoms. The second-order valence-electron chi connectivity index (χ2n) is 3.66. The lowest BCUT2D eigenvalue weighted by Gasteiger charge is -2.18. The number of aromatic nitrogens is 2. The summed E-state index contributed by atoms with van der Waals surface area (Å²) < 4.78 is 0. The fourth-order valence-corrected chi connectivity index (χ4v) is 1.82. The molecule has 2 rings (SSSR count). The molecule has 0 fully saturated rings. The minimum atomic E-state index is 0.225. The molecular weight excluding hydrogens is 236 g/mol. The summed E-state index contributed by atoms with van der Waals surface area (Å²) in [6.07, 6.45) is 0.451. The van der Waals surface area contributed by atoms with Gasteiger partial charge in [0, 0.05) is 19.0 Å². The highest BCUT2D eigenvalue weighted by molar-refractivity contribution is 6.28. The normalized spacial score (nSPS) is 10.2. The number of para-hydroxylation sites is 1. The third kappa shape index (κ3) is 2.45. The number of hydrogen-bond donors (Lipinski definition) is 0. The maximum absolute atomic E-state index is 8.59. The first-order valence-corrected chi connectivity index (χ1v) is 5.60. The highest BCUT2D eigenvalue weighted by Crippen LogP contribution is 2.24. The number of fused-ring (bicyclic) bond motifs is 1. The zero-order valence-electron chi connectivity index (χ0n) is 9.39. The predicted octanol–water partition coefficient (Wildman–Crippen LogP) is 2.63. The van der Waals surface area contributed by atoms with Crippen LogP contribution < -0.4 is 4.90 Å². The van der Waals surface area contributed by atoms with Gasteiger partial charge in [-0.15, -0.1) is 0 Å². The van der Waals surface area contributed by atoms with Crippen molar-refractivity contribution in [3.05, 3.63) is 29.5 Å². The van der Waals surface area contributed by atoms with E-state index in [9.17, 15) is 0 Å². The van der Waals surface area contributed by atoms with Crippen LogP contribution in [0.1, 0.15) is 6.42 Å². The van der Waals surface area contributed by atoms with Crippen LogP contribution in [0.5, 0.6) is 0 Å². The van der Waals surface area contributed by atoms with Crippen molar-refractivity contribution in [1.29, 1.82) is 5.26 Å². The van der Waals surface area contributed by atoms with Crippen LogP contribution in [0.2, 0.25) is 5.28 Å². The maximum atomic E-state index is 8.59. The molecule has 0 amide bonds. The molecule has 0 unspecified atom stereocenters. The summed E-state index contributed by atoms with van der Waals surface area (Å²) in [7, 11) is 1.89. The van der Waals surface area contributed by atoms with E-state index >= 15 is 0 Å². The van der Waals surface area contributed by atoms with Crippen LogP contribution in [0, 0.1) is 11.3 Å². The fourth-order valence-electron chi connectivity index (χ4n) is 1.65. The van der Waals surface area contributed by atoms with Gasteiger partial charge in [-0.2, -0.15) is 10.2 Å². The molecule has 0 radical (unpaired) electrons. The van der Waals surface area contributed by atoms with E-state index in [-0.39, 0.29) is 5.28 Å². The van der Waals surface area contributed by atoms with Crippen molar-refractivity contribution < 1.29 is 0 Å². The average molecular weight is 247 g/mol. The molecule has 0 aliphatic heterocycles. The van der Waals surface area contributed by atoms with Gasteiger partial charge in [0.05, 0.1) is 18.0 Å². The Bertz CT molecular complexity index is 576. The third-order valence-corrected chi connectivity index (χ3v) is 2.65. The first-order valence-electron chi connectivity index (χ1n) is 5.22. The smallest absolute Gasteiger partial charge is 0.224 e. The van der Waals surface area contributed by atoms with E-state index in [2.05, 4.69) is 16.0 Å². The number of hydrogen-bond acceptors (Lipinski definition) is 4. The van der Waals surface area contributed by atoms with Crippen LogP contribution in [0.4, 0.5) is 5.82 Å². The molecule has 1 heterocycles. The lowest BCUT2D eigenvalue weighted by Crippen LogP contribution is -2.20. The predicted molar refractivity (Wildman–Crippen MR) is 68.0 cm³/mol. The largest absolute Gasteiger partial charge is 0.358 e. The van der Waals surface area contributed by atoms with Crippen molar-refractivity contribution in [1.82, 2.24) is 9.97 Å². The van der Waals surface area contributed by atoms with Crippen LogP contribution in [0.3, 0.4) is 0 Å². The van der Waals surface area contributed by atoms with Crippen molar-refractivity contribution in [2.45, 2.75) is 6.42 Å². The molecule has 4 nitrogen and oxygen atoms in total. The van der Waals surface area contributed by atoms with Gasteiger partial charge in [0.2, 0.25) is 5.28 Å². The molecule has 0 saturated heterocycles. The number of rotatable bonds is 3. The van der Waals surface area contributed by atoms with Gasteiger partial charge >= 0.3 is 0 Å². The number of benzene rings is 1. The molecular formula is C12H11ClN4. The summed E-state index contributed by atoms with van der Waals surface area (Å²) in [6, 6.07) is 9.79. The zero-order valence-corrected chi connectivity index (χ0v) is 10.1. The van der Waals surface area contributed by atoms with Crippen LogP contribution in [-0.4, -0.2) is 23.6 Å². The molecule has 2 aromatic rings. The van der Waals surface area contributed by atoms with Crippen LogP contribution >= 0.6 is 11.6 Å². The number of nitrogens with zero attached hydrogens (tertiary/aromatic N) is 4. The quantitative estimate of drug-likeness (QED) is 0.782. The van der Waals surface area contributed by atoms with Crippen LogP contribution in [-0.2, 0) is 0 Å².